The maximum atomic E-state index is 15.4. The first-order valence-electron chi connectivity index (χ1n) is 10.9. The normalized spacial score (nSPS) is 11.7. The van der Waals surface area contributed by atoms with Gasteiger partial charge in [-0.25, -0.2) is 87.8 Å². The number of hydrogen-bond donors (Lipinski definition) is 0. The van der Waals surface area contributed by atoms with Crippen molar-refractivity contribution in [2.75, 3.05) is 0 Å². The van der Waals surface area contributed by atoms with Crippen LogP contribution in [0.3, 0.4) is 0 Å². The molecule has 4 aromatic rings. The van der Waals surface area contributed by atoms with E-state index in [2.05, 4.69) is 0 Å². The van der Waals surface area contributed by atoms with Crippen LogP contribution in [0.1, 0.15) is 0 Å². The first kappa shape index (κ1) is 37.2. The minimum atomic E-state index is -9.08. The summed E-state index contributed by atoms with van der Waals surface area (Å²) in [5, 5.41) is 0. The van der Waals surface area contributed by atoms with Gasteiger partial charge in [-0.05, 0) is 0 Å². The summed E-state index contributed by atoms with van der Waals surface area (Å²) in [5.41, 5.74) is 0. The summed E-state index contributed by atoms with van der Waals surface area (Å²) in [5.74, 6) is -70.8. The maximum absolute atomic E-state index is 15.4. The Hall–Kier alpha value is -3.25. The van der Waals surface area contributed by atoms with E-state index in [4.69, 9.17) is 0 Å². The summed E-state index contributed by atoms with van der Waals surface area (Å²) in [4.78, 5) is 0. The van der Waals surface area contributed by atoms with Gasteiger partial charge in [0, 0.05) is 0 Å². The molecule has 0 unspecified atom stereocenters. The van der Waals surface area contributed by atoms with Crippen LogP contribution in [0, 0.1) is 116 Å². The van der Waals surface area contributed by atoms with Crippen LogP contribution in [0.2, 0.25) is 0 Å². The average Bonchev–Trinajstić information content (AvgIpc) is 3.00. The Kier molecular flexibility index (Phi) is 10.0. The molecular formula is C24AgAlF20. The average molecular weight is 803 g/mol. The van der Waals surface area contributed by atoms with E-state index < -0.39 is 147 Å². The van der Waals surface area contributed by atoms with Crippen LogP contribution in [0.4, 0.5) is 87.8 Å². The molecule has 0 aliphatic carbocycles. The molecule has 0 bridgehead atoms. The van der Waals surface area contributed by atoms with Gasteiger partial charge in [0.25, 0.3) is 0 Å². The van der Waals surface area contributed by atoms with Crippen molar-refractivity contribution in [1.29, 1.82) is 0 Å². The first-order chi connectivity index (χ1) is 20.7. The third kappa shape index (κ3) is 4.72. The van der Waals surface area contributed by atoms with Crippen LogP contribution in [-0.4, -0.2) is 13.1 Å². The summed E-state index contributed by atoms with van der Waals surface area (Å²) in [7, 11) is 0. The van der Waals surface area contributed by atoms with Crippen LogP contribution < -0.4 is 17.7 Å². The van der Waals surface area contributed by atoms with E-state index in [0.717, 1.165) is 0 Å². The van der Waals surface area contributed by atoms with Gasteiger partial charge >= 0.3 is 35.5 Å². The first-order valence-corrected chi connectivity index (χ1v) is 13.2. The predicted octanol–water partition coefficient (Wildman–Crippen LogP) is 5.84. The fourth-order valence-electron chi connectivity index (χ4n) is 4.87. The van der Waals surface area contributed by atoms with Crippen molar-refractivity contribution in [1.82, 2.24) is 0 Å². The van der Waals surface area contributed by atoms with E-state index in [1.165, 1.54) is 0 Å². The molecule has 250 valence electrons. The Morgan fingerprint density at radius 1 is 0.174 bits per heavy atom. The van der Waals surface area contributed by atoms with Crippen molar-refractivity contribution in [2.24, 2.45) is 0 Å². The van der Waals surface area contributed by atoms with Crippen molar-refractivity contribution < 1.29 is 110 Å². The molecule has 0 N–H and O–H groups in total. The zero-order chi connectivity index (χ0) is 34.4. The Morgan fingerprint density at radius 3 is 0.370 bits per heavy atom. The smallest absolute Gasteiger partial charge is 0.208 e. The van der Waals surface area contributed by atoms with Gasteiger partial charge in [0.15, 0.2) is 69.8 Å². The Balaban J connectivity index is 0.00000576. The van der Waals surface area contributed by atoms with E-state index in [1.54, 1.807) is 0 Å². The molecule has 0 atom stereocenters. The fraction of sp³-hybridized carbons (Fsp3) is 0. The van der Waals surface area contributed by atoms with Crippen molar-refractivity contribution >= 4 is 30.8 Å². The van der Waals surface area contributed by atoms with Crippen molar-refractivity contribution in [3.63, 3.8) is 0 Å². The summed E-state index contributed by atoms with van der Waals surface area (Å²) in [6.07, 6.45) is 0. The standard InChI is InChI=1S/4C6F5.Ag.Al/c4*7-2-1-3(8)5(10)6(11)4(2)9;;/q;;;;+1;-1. The molecule has 0 saturated heterocycles. The summed E-state index contributed by atoms with van der Waals surface area (Å²) in [6, 6.07) is 0. The van der Waals surface area contributed by atoms with Gasteiger partial charge in [-0.15, -0.1) is 17.7 Å². The zero-order valence-corrected chi connectivity index (χ0v) is 23.1. The van der Waals surface area contributed by atoms with Crippen molar-refractivity contribution in [3.8, 4) is 0 Å². The molecular weight excluding hydrogens is 803 g/mol. The molecule has 0 nitrogen and oxygen atoms in total. The molecule has 0 aliphatic heterocycles. The van der Waals surface area contributed by atoms with Crippen molar-refractivity contribution in [3.05, 3.63) is 116 Å². The number of benzene rings is 4. The Bertz CT molecular complexity index is 1580. The fourth-order valence-corrected chi connectivity index (χ4v) is 10.7. The van der Waals surface area contributed by atoms with Crippen LogP contribution in [0.5, 0.6) is 0 Å². The van der Waals surface area contributed by atoms with E-state index in [-0.39, 0.29) is 22.4 Å². The molecule has 0 saturated carbocycles. The maximum Gasteiger partial charge on any atom is 1.00 e. The third-order valence-corrected chi connectivity index (χ3v) is 12.2. The molecule has 0 aliphatic rings. The minimum Gasteiger partial charge on any atom is -0.208 e. The van der Waals surface area contributed by atoms with Crippen LogP contribution >= 0.6 is 0 Å². The largest absolute Gasteiger partial charge is 1.00 e. The van der Waals surface area contributed by atoms with Gasteiger partial charge in [0.05, 0.1) is 0 Å². The molecule has 0 aromatic heterocycles. The second kappa shape index (κ2) is 12.4. The van der Waals surface area contributed by atoms with Crippen LogP contribution in [0.25, 0.3) is 0 Å². The SMILES string of the molecule is Fc1c(F)c(F)[c]([Al-]([c]2c(F)c(F)c(F)c(F)c2F)([c]2c(F)c(F)c(F)c(F)c2F)[c]2c(F)c(F)c(F)c(F)c2F)c(F)c1F.[Ag+]. The van der Waals surface area contributed by atoms with Gasteiger partial charge in [0.1, 0.15) is 46.5 Å². The second-order valence-electron chi connectivity index (χ2n) is 8.80. The third-order valence-electron chi connectivity index (χ3n) is 6.71. The van der Waals surface area contributed by atoms with E-state index >= 15 is 35.1 Å². The molecule has 0 radical (unpaired) electrons. The quantitative estimate of drug-likeness (QED) is 0.105. The molecule has 4 rings (SSSR count). The Labute approximate surface area is 257 Å². The number of hydrogen-bond acceptors (Lipinski definition) is 0. The van der Waals surface area contributed by atoms with Gasteiger partial charge < -0.3 is 0 Å². The topological polar surface area (TPSA) is 0 Å². The monoisotopic (exact) mass is 802 g/mol. The van der Waals surface area contributed by atoms with E-state index in [9.17, 15) is 52.7 Å². The molecule has 0 spiro atoms. The van der Waals surface area contributed by atoms with E-state index in [0.29, 0.717) is 0 Å². The summed E-state index contributed by atoms with van der Waals surface area (Å²) >= 11 is -9.08. The van der Waals surface area contributed by atoms with Crippen LogP contribution in [-0.2, 0) is 22.4 Å². The van der Waals surface area contributed by atoms with Gasteiger partial charge in [-0.1, -0.05) is 0 Å². The van der Waals surface area contributed by atoms with Gasteiger partial charge in [-0.3, -0.25) is 0 Å². The molecule has 22 heteroatoms. The van der Waals surface area contributed by atoms with E-state index in [1.807, 2.05) is 0 Å². The van der Waals surface area contributed by atoms with Gasteiger partial charge in [0.2, 0.25) is 0 Å². The zero-order valence-electron chi connectivity index (χ0n) is 20.4. The second-order valence-corrected chi connectivity index (χ2v) is 12.8. The molecule has 46 heavy (non-hydrogen) atoms. The Morgan fingerprint density at radius 2 is 0.261 bits per heavy atom. The summed E-state index contributed by atoms with van der Waals surface area (Å²) < 4.78 is 280. The molecule has 4 aromatic carbocycles. The van der Waals surface area contributed by atoms with Gasteiger partial charge in [-0.2, -0.15) is 0 Å². The molecule has 0 heterocycles. The van der Waals surface area contributed by atoms with Crippen molar-refractivity contribution in [2.45, 2.75) is 0 Å². The molecule has 0 amide bonds. The summed E-state index contributed by atoms with van der Waals surface area (Å²) in [6.45, 7) is 0. The number of halogens is 20. The minimum absolute atomic E-state index is 0. The predicted molar refractivity (Wildman–Crippen MR) is 109 cm³/mol. The number of rotatable bonds is 4. The molecule has 0 fully saturated rings. The van der Waals surface area contributed by atoms with Crippen LogP contribution in [0.15, 0.2) is 0 Å².